The van der Waals surface area contributed by atoms with Gasteiger partial charge in [0.15, 0.2) is 0 Å². The minimum atomic E-state index is -4.67. The molecule has 0 fully saturated rings. The number of nitrogens with two attached hydrogens (primary N) is 1. The molecular formula is H6AlNO4S. The summed E-state index contributed by atoms with van der Waals surface area (Å²) in [6, 6.07) is 0. The molecule has 0 heterocycles. The van der Waals surface area contributed by atoms with Crippen LogP contribution < -0.4 is 4.72 Å². The van der Waals surface area contributed by atoms with Gasteiger partial charge in [-0.15, -0.1) is 0 Å². The first-order valence-electron chi connectivity index (χ1n) is 1.28. The molecule has 0 unspecified atom stereocenters. The van der Waals surface area contributed by atoms with Gasteiger partial charge in [-0.25, -0.2) is 0 Å². The molecule has 0 aliphatic heterocycles. The zero-order valence-electron chi connectivity index (χ0n) is 3.70. The second-order valence-electron chi connectivity index (χ2n) is 0.448. The molecule has 0 aromatic heterocycles. The van der Waals surface area contributed by atoms with Crippen molar-refractivity contribution in [3.05, 3.63) is 0 Å². The van der Waals surface area contributed by atoms with E-state index in [0.29, 0.717) is 0 Å². The van der Waals surface area contributed by atoms with Crippen LogP contribution in [0.2, 0.25) is 0 Å². The monoisotopic (exact) mass is 143 g/mol. The molecule has 0 aliphatic rings. The summed E-state index contributed by atoms with van der Waals surface area (Å²) in [5, 5.41) is 0. The lowest BCUT2D eigenvalue weighted by Crippen LogP contribution is -1.89. The standard InChI is InChI=1S/Al.H2N.H2O4S.2H/c;;1-5(2,3)4;;/h;1H2;(H2,1,2,3,4);;/q+1;-1;;;. The molecular weight excluding hydrogens is 137 g/mol. The Balaban J connectivity index is 0. The third-order valence-electron chi connectivity index (χ3n) is 0. The molecule has 44 valence electrons. The number of hydrogen-bond donors (Lipinski definition) is 3. The normalized spacial score (nSPS) is 9.00. The van der Waals surface area contributed by atoms with Crippen molar-refractivity contribution < 1.29 is 17.5 Å². The Morgan fingerprint density at radius 3 is 1.29 bits per heavy atom. The molecule has 0 spiro atoms. The fourth-order valence-corrected chi connectivity index (χ4v) is 0. The van der Waals surface area contributed by atoms with Gasteiger partial charge in [-0.05, 0) is 0 Å². The van der Waals surface area contributed by atoms with Gasteiger partial charge >= 0.3 is 26.9 Å². The second-order valence-corrected chi connectivity index (χ2v) is 1.34. The van der Waals surface area contributed by atoms with E-state index in [9.17, 15) is 0 Å². The quantitative estimate of drug-likeness (QED) is 0.265. The third-order valence-corrected chi connectivity index (χ3v) is 0. The lowest BCUT2D eigenvalue weighted by molar-refractivity contribution is 0.381. The van der Waals surface area contributed by atoms with Gasteiger partial charge in [-0.1, -0.05) is 0 Å². The SMILES string of the molecule is O=S(=O)(O)O.[NH2][AlH2]. The van der Waals surface area contributed by atoms with E-state index in [-0.39, 0.29) is 0 Å². The van der Waals surface area contributed by atoms with E-state index in [2.05, 4.69) is 4.72 Å². The first kappa shape index (κ1) is 10.4. The van der Waals surface area contributed by atoms with Gasteiger partial charge in [0.25, 0.3) is 0 Å². The number of rotatable bonds is 0. The van der Waals surface area contributed by atoms with E-state index >= 15 is 0 Å². The fourth-order valence-electron chi connectivity index (χ4n) is 0. The van der Waals surface area contributed by atoms with Crippen molar-refractivity contribution in [3.8, 4) is 0 Å². The molecule has 4 N–H and O–H groups in total. The molecule has 7 heavy (non-hydrogen) atoms. The summed E-state index contributed by atoms with van der Waals surface area (Å²) in [7, 11) is -4.67. The van der Waals surface area contributed by atoms with Gasteiger partial charge < -0.3 is 4.72 Å². The van der Waals surface area contributed by atoms with Crippen molar-refractivity contribution in [2.75, 3.05) is 0 Å². The van der Waals surface area contributed by atoms with E-state index in [4.69, 9.17) is 17.5 Å². The zero-order valence-corrected chi connectivity index (χ0v) is 6.51. The van der Waals surface area contributed by atoms with Crippen LogP contribution in [0.1, 0.15) is 0 Å². The summed E-state index contributed by atoms with van der Waals surface area (Å²) in [4.78, 5) is 0. The van der Waals surface area contributed by atoms with Crippen molar-refractivity contribution in [3.63, 3.8) is 0 Å². The first-order chi connectivity index (χ1) is 3.00. The first-order valence-corrected chi connectivity index (χ1v) is 3.83. The molecule has 0 bridgehead atoms. The molecule has 0 radical (unpaired) electrons. The predicted octanol–water partition coefficient (Wildman–Crippen LogP) is -2.16. The molecule has 0 atom stereocenters. The van der Waals surface area contributed by atoms with Gasteiger partial charge in [0.2, 0.25) is 0 Å². The molecule has 0 aliphatic carbocycles. The molecule has 0 amide bonds. The maximum absolute atomic E-state index is 8.74. The molecule has 0 rings (SSSR count). The maximum atomic E-state index is 8.74. The van der Waals surface area contributed by atoms with Crippen LogP contribution in [0.15, 0.2) is 0 Å². The topological polar surface area (TPSA) is 101 Å². The van der Waals surface area contributed by atoms with Crippen LogP contribution in [-0.4, -0.2) is 34.0 Å². The summed E-state index contributed by atoms with van der Waals surface area (Å²) in [6.45, 7) is 0. The summed E-state index contributed by atoms with van der Waals surface area (Å²) in [5.41, 5.74) is 0. The lowest BCUT2D eigenvalue weighted by atomic mass is 13.9. The second kappa shape index (κ2) is 4.52. The molecule has 5 nitrogen and oxygen atoms in total. The van der Waals surface area contributed by atoms with Crippen LogP contribution in [0.5, 0.6) is 0 Å². The van der Waals surface area contributed by atoms with E-state index in [1.165, 1.54) is 0 Å². The molecule has 0 aromatic rings. The Morgan fingerprint density at radius 1 is 1.29 bits per heavy atom. The van der Waals surface area contributed by atoms with Crippen LogP contribution in [0, 0.1) is 0 Å². The highest BCUT2D eigenvalue weighted by Crippen LogP contribution is 1.59. The van der Waals surface area contributed by atoms with E-state index in [1.54, 1.807) is 0 Å². The summed E-state index contributed by atoms with van der Waals surface area (Å²) in [6.07, 6.45) is 0. The number of hydrogen-bond acceptors (Lipinski definition) is 3. The Bertz CT molecular complexity index is 94.9. The maximum Gasteiger partial charge on any atom is 0.394 e. The third kappa shape index (κ3) is 922. The van der Waals surface area contributed by atoms with E-state index in [1.807, 2.05) is 0 Å². The Hall–Kier alpha value is 0.362. The van der Waals surface area contributed by atoms with Crippen molar-refractivity contribution in [1.29, 1.82) is 0 Å². The predicted molar refractivity (Wildman–Crippen MR) is 26.9 cm³/mol. The van der Waals surface area contributed by atoms with Gasteiger partial charge in [0, 0.05) is 0 Å². The van der Waals surface area contributed by atoms with Crippen molar-refractivity contribution >= 4 is 26.9 Å². The van der Waals surface area contributed by atoms with Gasteiger partial charge in [-0.3, -0.25) is 9.11 Å². The van der Waals surface area contributed by atoms with Crippen LogP contribution in [0.4, 0.5) is 0 Å². The smallest absolute Gasteiger partial charge is 0.394 e. The average Bonchev–Trinajstić information content (AvgIpc) is 1.36. The lowest BCUT2D eigenvalue weighted by Gasteiger charge is -1.68. The minimum Gasteiger partial charge on any atom is -0.418 e. The van der Waals surface area contributed by atoms with Crippen molar-refractivity contribution in [2.24, 2.45) is 4.72 Å². The van der Waals surface area contributed by atoms with E-state index in [0.717, 1.165) is 16.5 Å². The van der Waals surface area contributed by atoms with Crippen LogP contribution >= 0.6 is 0 Å². The van der Waals surface area contributed by atoms with Crippen LogP contribution in [0.25, 0.3) is 0 Å². The minimum absolute atomic E-state index is 0.806. The summed E-state index contributed by atoms with van der Waals surface area (Å²) in [5.74, 6) is 0. The highest BCUT2D eigenvalue weighted by molar-refractivity contribution is 7.79. The Kier molecular flexibility index (Phi) is 6.69. The summed E-state index contributed by atoms with van der Waals surface area (Å²) < 4.78 is 36.2. The Labute approximate surface area is 49.7 Å². The fraction of sp³-hybridized carbons (Fsp3) is 0. The van der Waals surface area contributed by atoms with Gasteiger partial charge in [0.1, 0.15) is 0 Å². The van der Waals surface area contributed by atoms with Gasteiger partial charge in [-0.2, -0.15) is 8.42 Å². The van der Waals surface area contributed by atoms with Gasteiger partial charge in [0.05, 0.1) is 0 Å². The molecule has 7 heteroatoms. The summed E-state index contributed by atoms with van der Waals surface area (Å²) >= 11 is 0.806. The highest BCUT2D eigenvalue weighted by atomic mass is 32.3. The average molecular weight is 143 g/mol. The largest absolute Gasteiger partial charge is 0.418 e. The van der Waals surface area contributed by atoms with Crippen molar-refractivity contribution in [1.82, 2.24) is 0 Å². The Morgan fingerprint density at radius 2 is 1.29 bits per heavy atom. The van der Waals surface area contributed by atoms with E-state index < -0.39 is 10.4 Å². The molecule has 0 aromatic carbocycles. The molecule has 0 saturated carbocycles. The van der Waals surface area contributed by atoms with Crippen molar-refractivity contribution in [2.45, 2.75) is 0 Å². The highest BCUT2D eigenvalue weighted by Gasteiger charge is 1.84. The van der Waals surface area contributed by atoms with Crippen LogP contribution in [0.3, 0.4) is 0 Å². The van der Waals surface area contributed by atoms with Crippen LogP contribution in [-0.2, 0) is 10.4 Å². The zero-order chi connectivity index (χ0) is 6.50. The molecule has 0 saturated heterocycles.